The molecule has 0 saturated heterocycles. The minimum Gasteiger partial charge on any atom is -0.405 e. The number of esters is 1. The molecule has 0 spiro atoms. The van der Waals surface area contributed by atoms with Crippen molar-refractivity contribution in [1.29, 1.82) is 0 Å². The lowest BCUT2D eigenvalue weighted by Crippen LogP contribution is -2.36. The van der Waals surface area contributed by atoms with Crippen molar-refractivity contribution in [3.8, 4) is 0 Å². The first-order chi connectivity index (χ1) is 14.2. The van der Waals surface area contributed by atoms with E-state index >= 15 is 0 Å². The standard InChI is InChI=1S/C26H23NO2/c1-20(22-13-7-3-8-14-22)17-18-26(19-21-11-5-2-6-12-21)25(28)29-24(27-26)23-15-9-4-10-16-23/h2-17H,18-19H2,1H3/b20-17-. The van der Waals surface area contributed by atoms with Crippen LogP contribution in [0.1, 0.15) is 30.0 Å². The molecule has 1 aliphatic rings. The van der Waals surface area contributed by atoms with Gasteiger partial charge in [-0.15, -0.1) is 0 Å². The fourth-order valence-electron chi connectivity index (χ4n) is 3.54. The molecule has 0 amide bonds. The highest BCUT2D eigenvalue weighted by Gasteiger charge is 2.45. The SMILES string of the molecule is C/C(=C/CC1(Cc2ccccc2)N=C(c2ccccc2)OC1=O)c1ccccc1. The number of carbonyl (C=O) groups is 1. The Kier molecular flexibility index (Phi) is 5.39. The van der Waals surface area contributed by atoms with Crippen LogP contribution in [0.4, 0.5) is 0 Å². The molecule has 3 aromatic carbocycles. The molecule has 0 aromatic heterocycles. The highest BCUT2D eigenvalue weighted by molar-refractivity contribution is 6.08. The molecule has 3 nitrogen and oxygen atoms in total. The van der Waals surface area contributed by atoms with Crippen LogP contribution in [0.15, 0.2) is 102 Å². The average Bonchev–Trinajstić information content (AvgIpc) is 3.10. The van der Waals surface area contributed by atoms with Gasteiger partial charge in [0.1, 0.15) is 0 Å². The molecule has 4 rings (SSSR count). The Hall–Kier alpha value is -3.46. The van der Waals surface area contributed by atoms with Gasteiger partial charge in [0.15, 0.2) is 5.54 Å². The van der Waals surface area contributed by atoms with Crippen molar-refractivity contribution in [2.24, 2.45) is 4.99 Å². The summed E-state index contributed by atoms with van der Waals surface area (Å²) in [7, 11) is 0. The average molecular weight is 381 g/mol. The van der Waals surface area contributed by atoms with Gasteiger partial charge in [0.2, 0.25) is 5.90 Å². The second-order valence-electron chi connectivity index (χ2n) is 7.32. The van der Waals surface area contributed by atoms with Crippen molar-refractivity contribution >= 4 is 17.4 Å². The van der Waals surface area contributed by atoms with Crippen LogP contribution >= 0.6 is 0 Å². The Morgan fingerprint density at radius 3 is 2.14 bits per heavy atom. The first kappa shape index (κ1) is 18.9. The number of rotatable bonds is 6. The molecule has 0 radical (unpaired) electrons. The summed E-state index contributed by atoms with van der Waals surface area (Å²) in [5.41, 5.74) is 3.19. The van der Waals surface area contributed by atoms with Gasteiger partial charge in [-0.05, 0) is 35.8 Å². The van der Waals surface area contributed by atoms with E-state index in [4.69, 9.17) is 9.73 Å². The summed E-state index contributed by atoms with van der Waals surface area (Å²) in [4.78, 5) is 17.9. The molecule has 0 fully saturated rings. The topological polar surface area (TPSA) is 38.7 Å². The fourth-order valence-corrected chi connectivity index (χ4v) is 3.54. The van der Waals surface area contributed by atoms with Crippen molar-refractivity contribution in [3.63, 3.8) is 0 Å². The van der Waals surface area contributed by atoms with Crippen LogP contribution in [0, 0.1) is 0 Å². The minimum absolute atomic E-state index is 0.294. The Labute approximate surface area is 171 Å². The lowest BCUT2D eigenvalue weighted by molar-refractivity contribution is -0.138. The lowest BCUT2D eigenvalue weighted by atomic mass is 9.87. The summed E-state index contributed by atoms with van der Waals surface area (Å²) in [6, 6.07) is 29.8. The predicted octanol–water partition coefficient (Wildman–Crippen LogP) is 5.47. The summed E-state index contributed by atoms with van der Waals surface area (Å²) >= 11 is 0. The molecule has 1 heterocycles. The molecule has 1 aliphatic heterocycles. The van der Waals surface area contributed by atoms with Crippen LogP contribution in [-0.4, -0.2) is 17.4 Å². The Bertz CT molecular complexity index is 1040. The number of allylic oxidation sites excluding steroid dienone is 1. The Morgan fingerprint density at radius 2 is 1.48 bits per heavy atom. The molecule has 3 aromatic rings. The molecule has 1 atom stereocenters. The maximum Gasteiger partial charge on any atom is 0.341 e. The van der Waals surface area contributed by atoms with E-state index in [1.807, 2.05) is 78.9 Å². The number of nitrogens with zero attached hydrogens (tertiary/aromatic N) is 1. The van der Waals surface area contributed by atoms with Gasteiger partial charge < -0.3 is 4.74 Å². The molecular formula is C26H23NO2. The van der Waals surface area contributed by atoms with Gasteiger partial charge in [0, 0.05) is 18.4 Å². The first-order valence-corrected chi connectivity index (χ1v) is 9.80. The third-order valence-corrected chi connectivity index (χ3v) is 5.22. The number of benzene rings is 3. The van der Waals surface area contributed by atoms with Crippen molar-refractivity contribution < 1.29 is 9.53 Å². The second-order valence-corrected chi connectivity index (χ2v) is 7.32. The summed E-state index contributed by atoms with van der Waals surface area (Å²) in [5, 5.41) is 0. The molecular weight excluding hydrogens is 358 g/mol. The first-order valence-electron chi connectivity index (χ1n) is 9.80. The number of carbonyl (C=O) groups excluding carboxylic acids is 1. The smallest absolute Gasteiger partial charge is 0.341 e. The van der Waals surface area contributed by atoms with Crippen LogP contribution in [-0.2, 0) is 16.0 Å². The van der Waals surface area contributed by atoms with Gasteiger partial charge in [-0.1, -0.05) is 84.9 Å². The van der Waals surface area contributed by atoms with Crippen LogP contribution in [0.5, 0.6) is 0 Å². The highest BCUT2D eigenvalue weighted by Crippen LogP contribution is 2.32. The third kappa shape index (κ3) is 4.19. The number of hydrogen-bond donors (Lipinski definition) is 0. The molecule has 0 bridgehead atoms. The quantitative estimate of drug-likeness (QED) is 0.532. The van der Waals surface area contributed by atoms with E-state index in [9.17, 15) is 4.79 Å². The lowest BCUT2D eigenvalue weighted by Gasteiger charge is -2.21. The van der Waals surface area contributed by atoms with E-state index in [0.717, 1.165) is 22.3 Å². The zero-order valence-corrected chi connectivity index (χ0v) is 16.4. The van der Waals surface area contributed by atoms with Crippen molar-refractivity contribution in [3.05, 3.63) is 114 Å². The zero-order chi connectivity index (χ0) is 20.1. The number of ether oxygens (including phenoxy) is 1. The minimum atomic E-state index is -0.956. The number of aliphatic imine (C=N–C) groups is 1. The van der Waals surface area contributed by atoms with Gasteiger partial charge in [-0.2, -0.15) is 0 Å². The number of hydrogen-bond acceptors (Lipinski definition) is 3. The maximum atomic E-state index is 13.1. The number of cyclic esters (lactones) is 1. The summed E-state index contributed by atoms with van der Waals surface area (Å²) in [6.45, 7) is 2.06. The zero-order valence-electron chi connectivity index (χ0n) is 16.4. The molecule has 0 aliphatic carbocycles. The van der Waals surface area contributed by atoms with E-state index in [0.29, 0.717) is 18.7 Å². The van der Waals surface area contributed by atoms with E-state index in [1.165, 1.54) is 0 Å². The van der Waals surface area contributed by atoms with Gasteiger partial charge in [0.25, 0.3) is 0 Å². The van der Waals surface area contributed by atoms with Crippen molar-refractivity contribution in [2.75, 3.05) is 0 Å². The molecule has 0 N–H and O–H groups in total. The van der Waals surface area contributed by atoms with Gasteiger partial charge in [-0.25, -0.2) is 9.79 Å². The molecule has 29 heavy (non-hydrogen) atoms. The Balaban J connectivity index is 1.70. The highest BCUT2D eigenvalue weighted by atomic mass is 16.6. The van der Waals surface area contributed by atoms with Crippen LogP contribution in [0.25, 0.3) is 5.57 Å². The predicted molar refractivity (Wildman–Crippen MR) is 117 cm³/mol. The maximum absolute atomic E-state index is 13.1. The molecule has 0 saturated carbocycles. The van der Waals surface area contributed by atoms with Gasteiger partial charge in [0.05, 0.1) is 0 Å². The van der Waals surface area contributed by atoms with E-state index in [2.05, 4.69) is 25.1 Å². The van der Waals surface area contributed by atoms with Gasteiger partial charge in [-0.3, -0.25) is 0 Å². The summed E-state index contributed by atoms with van der Waals surface area (Å²) < 4.78 is 5.66. The van der Waals surface area contributed by atoms with Gasteiger partial charge >= 0.3 is 5.97 Å². The van der Waals surface area contributed by atoms with Crippen LogP contribution < -0.4 is 0 Å². The van der Waals surface area contributed by atoms with E-state index < -0.39 is 5.54 Å². The second kappa shape index (κ2) is 8.27. The molecule has 1 unspecified atom stereocenters. The summed E-state index contributed by atoms with van der Waals surface area (Å²) in [5.74, 6) is 0.106. The normalized spacial score (nSPS) is 19.0. The van der Waals surface area contributed by atoms with Crippen LogP contribution in [0.3, 0.4) is 0 Å². The summed E-state index contributed by atoms with van der Waals surface area (Å²) in [6.07, 6.45) is 3.08. The van der Waals surface area contributed by atoms with E-state index in [-0.39, 0.29) is 5.97 Å². The monoisotopic (exact) mass is 381 g/mol. The molecule has 144 valence electrons. The largest absolute Gasteiger partial charge is 0.405 e. The van der Waals surface area contributed by atoms with Crippen molar-refractivity contribution in [1.82, 2.24) is 0 Å². The van der Waals surface area contributed by atoms with E-state index in [1.54, 1.807) is 0 Å². The fraction of sp³-hybridized carbons (Fsp3) is 0.154. The Morgan fingerprint density at radius 1 is 0.897 bits per heavy atom. The third-order valence-electron chi connectivity index (χ3n) is 5.22. The van der Waals surface area contributed by atoms with Crippen molar-refractivity contribution in [2.45, 2.75) is 25.3 Å². The van der Waals surface area contributed by atoms with Crippen LogP contribution in [0.2, 0.25) is 0 Å². The molecule has 3 heteroatoms.